The van der Waals surface area contributed by atoms with Gasteiger partial charge in [-0.25, -0.2) is 4.79 Å². The maximum atomic E-state index is 14.1. The lowest BCUT2D eigenvalue weighted by atomic mass is 9.93. The number of hydrogen-bond acceptors (Lipinski definition) is 5. The molecule has 0 saturated carbocycles. The van der Waals surface area contributed by atoms with Crippen LogP contribution in [0.2, 0.25) is 0 Å². The first-order chi connectivity index (χ1) is 17.8. The molecule has 4 N–H and O–H groups in total. The highest BCUT2D eigenvalue weighted by atomic mass is 16.6. The van der Waals surface area contributed by atoms with Crippen LogP contribution in [-0.4, -0.2) is 53.4 Å². The normalized spacial score (nSPS) is 12.8. The summed E-state index contributed by atoms with van der Waals surface area (Å²) in [5, 5.41) is 5.64. The van der Waals surface area contributed by atoms with E-state index in [2.05, 4.69) is 17.6 Å². The number of ether oxygens (including phenoxy) is 1. The van der Waals surface area contributed by atoms with Crippen LogP contribution in [0.3, 0.4) is 0 Å². The van der Waals surface area contributed by atoms with Gasteiger partial charge in [-0.05, 0) is 70.6 Å². The minimum Gasteiger partial charge on any atom is -0.444 e. The van der Waals surface area contributed by atoms with Crippen LogP contribution in [0.4, 0.5) is 4.79 Å². The van der Waals surface area contributed by atoms with Crippen LogP contribution in [-0.2, 0) is 19.1 Å². The zero-order chi connectivity index (χ0) is 28.9. The number of amides is 4. The summed E-state index contributed by atoms with van der Waals surface area (Å²) in [6.45, 7) is 13.9. The molecule has 0 saturated heterocycles. The van der Waals surface area contributed by atoms with E-state index in [1.807, 2.05) is 39.0 Å². The number of nitrogens with one attached hydrogen (secondary N) is 2. The van der Waals surface area contributed by atoms with Crippen molar-refractivity contribution in [3.8, 4) is 0 Å². The lowest BCUT2D eigenvalue weighted by Crippen LogP contribution is -2.53. The molecular formula is C29H48N4O5. The van der Waals surface area contributed by atoms with Gasteiger partial charge in [-0.3, -0.25) is 14.4 Å². The van der Waals surface area contributed by atoms with Crippen LogP contribution in [0.15, 0.2) is 18.2 Å². The third-order valence-corrected chi connectivity index (χ3v) is 6.16. The topological polar surface area (TPSA) is 131 Å². The zero-order valence-corrected chi connectivity index (χ0v) is 24.3. The van der Waals surface area contributed by atoms with Gasteiger partial charge in [-0.15, -0.1) is 0 Å². The Kier molecular flexibility index (Phi) is 13.9. The summed E-state index contributed by atoms with van der Waals surface area (Å²) in [5.74, 6) is -1.31. The van der Waals surface area contributed by atoms with Crippen LogP contribution in [0.1, 0.15) is 102 Å². The number of carbonyl (C=O) groups excluding carboxylic acids is 4. The summed E-state index contributed by atoms with van der Waals surface area (Å²) in [6, 6.07) is 3.78. The van der Waals surface area contributed by atoms with E-state index < -0.39 is 35.6 Å². The number of nitrogens with two attached hydrogens (primary N) is 1. The Bertz CT molecular complexity index is 921. The predicted octanol–water partition coefficient (Wildman–Crippen LogP) is 4.44. The molecule has 0 aliphatic rings. The Hall–Kier alpha value is -3.10. The fraction of sp³-hybridized carbons (Fsp3) is 0.655. The third kappa shape index (κ3) is 11.1. The summed E-state index contributed by atoms with van der Waals surface area (Å²) in [5.41, 5.74) is 7.15. The predicted molar refractivity (Wildman–Crippen MR) is 149 cm³/mol. The van der Waals surface area contributed by atoms with E-state index in [0.717, 1.165) is 42.4 Å². The fourth-order valence-electron chi connectivity index (χ4n) is 4.26. The molecule has 0 radical (unpaired) electrons. The summed E-state index contributed by atoms with van der Waals surface area (Å²) < 4.78 is 5.38. The molecule has 0 aliphatic carbocycles. The second kappa shape index (κ2) is 16.0. The Morgan fingerprint density at radius 2 is 1.61 bits per heavy atom. The van der Waals surface area contributed by atoms with E-state index in [-0.39, 0.29) is 18.7 Å². The molecule has 9 nitrogen and oxygen atoms in total. The van der Waals surface area contributed by atoms with E-state index in [0.29, 0.717) is 19.5 Å². The Morgan fingerprint density at radius 3 is 2.13 bits per heavy atom. The molecule has 0 heterocycles. The largest absolute Gasteiger partial charge is 0.444 e. The molecule has 4 amide bonds. The number of primary amides is 1. The second-order valence-corrected chi connectivity index (χ2v) is 10.8. The molecule has 1 rings (SSSR count). The van der Waals surface area contributed by atoms with Crippen molar-refractivity contribution in [2.45, 2.75) is 111 Å². The number of aryl methyl sites for hydroxylation is 2. The number of rotatable bonds is 15. The van der Waals surface area contributed by atoms with Crippen molar-refractivity contribution in [2.75, 3.05) is 13.1 Å². The molecule has 2 atom stereocenters. The molecule has 2 unspecified atom stereocenters. The zero-order valence-electron chi connectivity index (χ0n) is 24.3. The van der Waals surface area contributed by atoms with Gasteiger partial charge in [0.1, 0.15) is 17.7 Å². The summed E-state index contributed by atoms with van der Waals surface area (Å²) in [6.07, 6.45) is 3.33. The average molecular weight is 533 g/mol. The molecule has 1 aromatic rings. The molecule has 0 aliphatic heterocycles. The minimum absolute atomic E-state index is 0.00534. The van der Waals surface area contributed by atoms with Crippen molar-refractivity contribution >= 4 is 23.8 Å². The highest BCUT2D eigenvalue weighted by molar-refractivity contribution is 5.93. The maximum absolute atomic E-state index is 14.1. The summed E-state index contributed by atoms with van der Waals surface area (Å²) >= 11 is 0. The lowest BCUT2D eigenvalue weighted by molar-refractivity contribution is -0.143. The second-order valence-electron chi connectivity index (χ2n) is 10.8. The monoisotopic (exact) mass is 532 g/mol. The number of alkyl carbamates (subject to hydrolysis) is 1. The number of carbonyl (C=O) groups is 4. The molecule has 214 valence electrons. The molecule has 0 bridgehead atoms. The highest BCUT2D eigenvalue weighted by Crippen LogP contribution is 2.29. The van der Waals surface area contributed by atoms with Crippen molar-refractivity contribution in [1.82, 2.24) is 15.5 Å². The molecule has 0 aromatic heterocycles. The van der Waals surface area contributed by atoms with Gasteiger partial charge in [0.25, 0.3) is 0 Å². The van der Waals surface area contributed by atoms with Crippen LogP contribution < -0.4 is 16.4 Å². The highest BCUT2D eigenvalue weighted by Gasteiger charge is 2.37. The molecule has 0 fully saturated rings. The SMILES string of the molecule is CCCCCN(C(=O)C(CCC(N)=O)NC(=O)OC(C)(C)C)C(C(=O)NCCCC)c1c(C)cccc1C. The third-order valence-electron chi connectivity index (χ3n) is 6.16. The van der Waals surface area contributed by atoms with Gasteiger partial charge >= 0.3 is 6.09 Å². The average Bonchev–Trinajstić information content (AvgIpc) is 2.81. The summed E-state index contributed by atoms with van der Waals surface area (Å²) in [4.78, 5) is 53.7. The van der Waals surface area contributed by atoms with Crippen molar-refractivity contribution in [1.29, 1.82) is 0 Å². The van der Waals surface area contributed by atoms with Gasteiger partial charge in [-0.1, -0.05) is 51.3 Å². The van der Waals surface area contributed by atoms with E-state index in [4.69, 9.17) is 10.5 Å². The molecule has 38 heavy (non-hydrogen) atoms. The van der Waals surface area contributed by atoms with Crippen LogP contribution in [0.5, 0.6) is 0 Å². The van der Waals surface area contributed by atoms with Gasteiger partial charge in [-0.2, -0.15) is 0 Å². The maximum Gasteiger partial charge on any atom is 0.408 e. The van der Waals surface area contributed by atoms with Crippen LogP contribution in [0, 0.1) is 13.8 Å². The van der Waals surface area contributed by atoms with Crippen LogP contribution >= 0.6 is 0 Å². The van der Waals surface area contributed by atoms with E-state index in [1.54, 1.807) is 25.7 Å². The fourth-order valence-corrected chi connectivity index (χ4v) is 4.26. The Labute approximate surface area is 228 Å². The van der Waals surface area contributed by atoms with Crippen molar-refractivity contribution in [3.05, 3.63) is 34.9 Å². The Balaban J connectivity index is 3.56. The first-order valence-corrected chi connectivity index (χ1v) is 13.7. The standard InChI is InChI=1S/C29H48N4O5/c1-8-10-12-19-33(27(36)22(16-17-23(30)34)32-28(37)38-29(5,6)7)25(26(35)31-18-11-9-2)24-20(3)14-13-15-21(24)4/h13-15,22,25H,8-12,16-19H2,1-7H3,(H2,30,34)(H,31,35)(H,32,37). The molecule has 9 heteroatoms. The lowest BCUT2D eigenvalue weighted by Gasteiger charge is -2.36. The first-order valence-electron chi connectivity index (χ1n) is 13.7. The summed E-state index contributed by atoms with van der Waals surface area (Å²) in [7, 11) is 0. The van der Waals surface area contributed by atoms with E-state index in [1.165, 1.54) is 0 Å². The van der Waals surface area contributed by atoms with Gasteiger partial charge < -0.3 is 26.0 Å². The van der Waals surface area contributed by atoms with Gasteiger partial charge in [0, 0.05) is 19.5 Å². The molecule has 1 aromatic carbocycles. The molecule has 0 spiro atoms. The molecular weight excluding hydrogens is 484 g/mol. The van der Waals surface area contributed by atoms with Gasteiger partial charge in [0.2, 0.25) is 17.7 Å². The van der Waals surface area contributed by atoms with E-state index in [9.17, 15) is 19.2 Å². The van der Waals surface area contributed by atoms with E-state index >= 15 is 0 Å². The van der Waals surface area contributed by atoms with Gasteiger partial charge in [0.05, 0.1) is 0 Å². The van der Waals surface area contributed by atoms with Crippen molar-refractivity contribution in [2.24, 2.45) is 5.73 Å². The minimum atomic E-state index is -1.09. The number of benzene rings is 1. The number of nitrogens with zero attached hydrogens (tertiary/aromatic N) is 1. The quantitative estimate of drug-likeness (QED) is 0.288. The van der Waals surface area contributed by atoms with Gasteiger partial charge in [0.15, 0.2) is 0 Å². The number of hydrogen-bond donors (Lipinski definition) is 3. The smallest absolute Gasteiger partial charge is 0.408 e. The number of unbranched alkanes of at least 4 members (excludes halogenated alkanes) is 3. The van der Waals surface area contributed by atoms with Crippen molar-refractivity contribution in [3.63, 3.8) is 0 Å². The van der Waals surface area contributed by atoms with Crippen LogP contribution in [0.25, 0.3) is 0 Å². The Morgan fingerprint density at radius 1 is 1.00 bits per heavy atom. The van der Waals surface area contributed by atoms with Crippen molar-refractivity contribution < 1.29 is 23.9 Å². The first kappa shape index (κ1) is 32.9.